The van der Waals surface area contributed by atoms with Crippen LogP contribution in [0.2, 0.25) is 0 Å². The Morgan fingerprint density at radius 2 is 2.11 bits per heavy atom. The van der Waals surface area contributed by atoms with Crippen molar-refractivity contribution < 1.29 is 18.7 Å². The number of fused-ring (bicyclic) bond motifs is 1. The molecule has 2 rings (SSSR count). The number of aryl methyl sites for hydroxylation is 1. The van der Waals surface area contributed by atoms with Gasteiger partial charge in [0.1, 0.15) is 5.25 Å². The third-order valence-corrected chi connectivity index (χ3v) is 4.17. The van der Waals surface area contributed by atoms with Crippen LogP contribution in [0.5, 0.6) is 0 Å². The van der Waals surface area contributed by atoms with E-state index in [1.807, 2.05) is 0 Å². The summed E-state index contributed by atoms with van der Waals surface area (Å²) >= 11 is 1.07. The Morgan fingerprint density at radius 3 is 2.68 bits per heavy atom. The number of imidazole rings is 1. The summed E-state index contributed by atoms with van der Waals surface area (Å²) in [6, 6.07) is 2.07. The molecule has 0 aliphatic carbocycles. The number of halogens is 2. The predicted molar refractivity (Wildman–Crippen MR) is 68.2 cm³/mol. The molecule has 0 saturated carbocycles. The van der Waals surface area contributed by atoms with Crippen molar-refractivity contribution in [1.82, 2.24) is 9.55 Å². The molecule has 1 heterocycles. The van der Waals surface area contributed by atoms with E-state index in [0.29, 0.717) is 22.6 Å². The van der Waals surface area contributed by atoms with E-state index >= 15 is 0 Å². The lowest BCUT2D eigenvalue weighted by molar-refractivity contribution is -0.136. The first-order valence-electron chi connectivity index (χ1n) is 5.65. The van der Waals surface area contributed by atoms with Gasteiger partial charge in [-0.3, -0.25) is 4.79 Å². The summed E-state index contributed by atoms with van der Waals surface area (Å²) < 4.78 is 27.9. The van der Waals surface area contributed by atoms with Crippen molar-refractivity contribution in [1.29, 1.82) is 0 Å². The van der Waals surface area contributed by atoms with Crippen LogP contribution in [-0.4, -0.2) is 25.9 Å². The molecule has 4 nitrogen and oxygen atoms in total. The van der Waals surface area contributed by atoms with Gasteiger partial charge in [-0.15, -0.1) is 0 Å². The van der Waals surface area contributed by atoms with Gasteiger partial charge >= 0.3 is 5.97 Å². The molecule has 0 bridgehead atoms. The number of benzene rings is 1. The maximum Gasteiger partial charge on any atom is 0.317 e. The Labute approximate surface area is 112 Å². The molecule has 0 aliphatic rings. The molecule has 0 fully saturated rings. The first-order valence-corrected chi connectivity index (χ1v) is 6.53. The zero-order valence-corrected chi connectivity index (χ0v) is 11.2. The monoisotopic (exact) mass is 286 g/mol. The van der Waals surface area contributed by atoms with Crippen molar-refractivity contribution in [2.75, 3.05) is 0 Å². The lowest BCUT2D eigenvalue weighted by atomic mass is 10.3. The van der Waals surface area contributed by atoms with Gasteiger partial charge in [-0.2, -0.15) is 0 Å². The quantitative estimate of drug-likeness (QED) is 0.878. The van der Waals surface area contributed by atoms with Gasteiger partial charge in [-0.05, 0) is 6.42 Å². The lowest BCUT2D eigenvalue weighted by Gasteiger charge is -2.08. The summed E-state index contributed by atoms with van der Waals surface area (Å²) in [4.78, 5) is 15.1. The number of rotatable bonds is 4. The molecule has 0 aliphatic heterocycles. The third kappa shape index (κ3) is 2.56. The summed E-state index contributed by atoms with van der Waals surface area (Å²) in [6.45, 7) is 1.76. The summed E-state index contributed by atoms with van der Waals surface area (Å²) in [5.74, 6) is -2.85. The van der Waals surface area contributed by atoms with E-state index in [9.17, 15) is 13.6 Å². The van der Waals surface area contributed by atoms with Crippen LogP contribution in [0.4, 0.5) is 8.78 Å². The molecule has 2 aromatic rings. The van der Waals surface area contributed by atoms with E-state index in [4.69, 9.17) is 5.11 Å². The molecule has 1 atom stereocenters. The first-order chi connectivity index (χ1) is 8.93. The summed E-state index contributed by atoms with van der Waals surface area (Å²) in [7, 11) is 1.64. The molecule has 0 amide bonds. The molecular formula is C12H12F2N2O2S. The number of thioether (sulfide) groups is 1. The SMILES string of the molecule is CCC(Sc1nc2cc(F)c(F)cc2n1C)C(=O)O. The van der Waals surface area contributed by atoms with E-state index in [1.165, 1.54) is 0 Å². The van der Waals surface area contributed by atoms with Crippen molar-refractivity contribution in [3.8, 4) is 0 Å². The zero-order chi connectivity index (χ0) is 14.2. The standard InChI is InChI=1S/C12H12F2N2O2S/c1-3-10(11(17)18)19-12-15-8-4-6(13)7(14)5-9(8)16(12)2/h4-5,10H,3H2,1-2H3,(H,17,18). The number of aliphatic carboxylic acids is 1. The first kappa shape index (κ1) is 13.8. The van der Waals surface area contributed by atoms with Crippen LogP contribution in [0.1, 0.15) is 13.3 Å². The minimum Gasteiger partial charge on any atom is -0.480 e. The fourth-order valence-electron chi connectivity index (χ4n) is 1.71. The highest BCUT2D eigenvalue weighted by molar-refractivity contribution is 8.00. The van der Waals surface area contributed by atoms with Crippen LogP contribution in [0.3, 0.4) is 0 Å². The predicted octanol–water partition coefficient (Wildman–Crippen LogP) is 2.81. The number of aromatic nitrogens is 2. The molecule has 1 aromatic heterocycles. The third-order valence-electron chi connectivity index (χ3n) is 2.78. The molecule has 1 unspecified atom stereocenters. The van der Waals surface area contributed by atoms with E-state index in [-0.39, 0.29) is 0 Å². The summed E-state index contributed by atoms with van der Waals surface area (Å²) in [5, 5.41) is 8.80. The van der Waals surface area contributed by atoms with E-state index < -0.39 is 22.9 Å². The Hall–Kier alpha value is -1.63. The topological polar surface area (TPSA) is 55.1 Å². The van der Waals surface area contributed by atoms with Crippen LogP contribution in [0.25, 0.3) is 11.0 Å². The number of nitrogens with zero attached hydrogens (tertiary/aromatic N) is 2. The van der Waals surface area contributed by atoms with Crippen LogP contribution < -0.4 is 0 Å². The van der Waals surface area contributed by atoms with Gasteiger partial charge in [0, 0.05) is 19.2 Å². The van der Waals surface area contributed by atoms with Gasteiger partial charge in [0.25, 0.3) is 0 Å². The van der Waals surface area contributed by atoms with Crippen LogP contribution >= 0.6 is 11.8 Å². The molecule has 7 heteroatoms. The largest absolute Gasteiger partial charge is 0.480 e. The summed E-state index contributed by atoms with van der Waals surface area (Å²) in [6.07, 6.45) is 0.436. The average molecular weight is 286 g/mol. The van der Waals surface area contributed by atoms with E-state index in [2.05, 4.69) is 4.98 Å². The zero-order valence-electron chi connectivity index (χ0n) is 10.4. The van der Waals surface area contributed by atoms with Gasteiger partial charge in [-0.1, -0.05) is 18.7 Å². The highest BCUT2D eigenvalue weighted by Crippen LogP contribution is 2.28. The lowest BCUT2D eigenvalue weighted by Crippen LogP contribution is -2.15. The van der Waals surface area contributed by atoms with Crippen molar-refractivity contribution >= 4 is 28.8 Å². The molecule has 1 aromatic carbocycles. The minimum atomic E-state index is -0.965. The molecule has 1 N–H and O–H groups in total. The summed E-state index contributed by atoms with van der Waals surface area (Å²) in [5.41, 5.74) is 0.741. The smallest absolute Gasteiger partial charge is 0.317 e. The molecule has 0 spiro atoms. The van der Waals surface area contributed by atoms with Gasteiger partial charge in [-0.25, -0.2) is 13.8 Å². The van der Waals surface area contributed by atoms with Gasteiger partial charge in [0.15, 0.2) is 16.8 Å². The average Bonchev–Trinajstić information content (AvgIpc) is 2.64. The number of hydrogen-bond donors (Lipinski definition) is 1. The van der Waals surface area contributed by atoms with Gasteiger partial charge in [0.2, 0.25) is 0 Å². The fraction of sp³-hybridized carbons (Fsp3) is 0.333. The normalized spacial score (nSPS) is 12.8. The highest BCUT2D eigenvalue weighted by Gasteiger charge is 2.20. The van der Waals surface area contributed by atoms with Crippen molar-refractivity contribution in [2.45, 2.75) is 23.8 Å². The second kappa shape index (κ2) is 5.16. The number of carbonyl (C=O) groups is 1. The molecule has 19 heavy (non-hydrogen) atoms. The Kier molecular flexibility index (Phi) is 3.75. The Bertz CT molecular complexity index is 642. The van der Waals surface area contributed by atoms with E-state index in [0.717, 1.165) is 23.9 Å². The fourth-order valence-corrected chi connectivity index (χ4v) is 2.64. The molecular weight excluding hydrogens is 274 g/mol. The van der Waals surface area contributed by atoms with Crippen molar-refractivity contribution in [3.63, 3.8) is 0 Å². The maximum atomic E-state index is 13.2. The number of carboxylic acids is 1. The Balaban J connectivity index is 2.45. The van der Waals surface area contributed by atoms with Gasteiger partial charge < -0.3 is 9.67 Å². The van der Waals surface area contributed by atoms with E-state index in [1.54, 1.807) is 18.5 Å². The van der Waals surface area contributed by atoms with Crippen LogP contribution in [0.15, 0.2) is 17.3 Å². The minimum absolute atomic E-state index is 0.309. The maximum absolute atomic E-state index is 13.2. The highest BCUT2D eigenvalue weighted by atomic mass is 32.2. The Morgan fingerprint density at radius 1 is 1.47 bits per heavy atom. The van der Waals surface area contributed by atoms with Crippen LogP contribution in [0, 0.1) is 11.6 Å². The second-order valence-electron chi connectivity index (χ2n) is 4.06. The second-order valence-corrected chi connectivity index (χ2v) is 5.23. The van der Waals surface area contributed by atoms with Crippen molar-refractivity contribution in [3.05, 3.63) is 23.8 Å². The number of hydrogen-bond acceptors (Lipinski definition) is 3. The molecule has 102 valence electrons. The van der Waals surface area contributed by atoms with Gasteiger partial charge in [0.05, 0.1) is 11.0 Å². The molecule has 0 radical (unpaired) electrons. The van der Waals surface area contributed by atoms with Crippen molar-refractivity contribution in [2.24, 2.45) is 7.05 Å². The number of carboxylic acid groups (broad SMARTS) is 1. The van der Waals surface area contributed by atoms with Crippen LogP contribution in [-0.2, 0) is 11.8 Å². The molecule has 0 saturated heterocycles.